The first kappa shape index (κ1) is 11.5. The Labute approximate surface area is 79.3 Å². The van der Waals surface area contributed by atoms with E-state index in [0.717, 1.165) is 0 Å². The van der Waals surface area contributed by atoms with Gasteiger partial charge in [-0.25, -0.2) is 0 Å². The molecule has 0 spiro atoms. The number of nitrogens with one attached hydrogen (secondary N) is 2. The molecule has 0 saturated heterocycles. The molecule has 0 aromatic heterocycles. The third-order valence-corrected chi connectivity index (χ3v) is 1.27. The molecule has 0 rings (SSSR count). The molecule has 0 atom stereocenters. The van der Waals surface area contributed by atoms with Gasteiger partial charge in [0.2, 0.25) is 11.8 Å². The van der Waals surface area contributed by atoms with Crippen LogP contribution in [0.2, 0.25) is 0 Å². The van der Waals surface area contributed by atoms with E-state index in [1.807, 2.05) is 0 Å². The molecule has 0 aromatic carbocycles. The van der Waals surface area contributed by atoms with Gasteiger partial charge in [0.05, 0.1) is 6.67 Å². The predicted molar refractivity (Wildman–Crippen MR) is 56.5 cm³/mol. The van der Waals surface area contributed by atoms with E-state index in [2.05, 4.69) is 23.8 Å². The Morgan fingerprint density at radius 3 is 1.54 bits per heavy atom. The van der Waals surface area contributed by atoms with Crippen molar-refractivity contribution in [3.8, 4) is 0 Å². The lowest BCUT2D eigenvalue weighted by atomic mass is 9.97. The van der Waals surface area contributed by atoms with Crippen molar-refractivity contribution in [1.82, 2.24) is 10.6 Å². The van der Waals surface area contributed by atoms with Crippen LogP contribution in [0.4, 0.5) is 0 Å². The number of hydrogen-bond acceptors (Lipinski definition) is 2. The zero-order chi connectivity index (χ0) is 10.4. The van der Waals surface area contributed by atoms with Crippen LogP contribution in [0.5, 0.6) is 0 Å². The van der Waals surface area contributed by atoms with E-state index in [1.165, 1.54) is 0 Å². The maximum Gasteiger partial charge on any atom is 0.238 e. The van der Waals surface area contributed by atoms with Crippen molar-refractivity contribution < 1.29 is 9.59 Å². The highest BCUT2D eigenvalue weighted by Gasteiger charge is 2.02. The molecule has 6 heteroatoms. The van der Waals surface area contributed by atoms with E-state index >= 15 is 0 Å². The lowest BCUT2D eigenvalue weighted by Gasteiger charge is -2.06. The van der Waals surface area contributed by atoms with Gasteiger partial charge in [0.1, 0.15) is 15.7 Å². The fourth-order valence-electron chi connectivity index (χ4n) is 0.507. The fourth-order valence-corrected chi connectivity index (χ4v) is 0.507. The highest BCUT2D eigenvalue weighted by Crippen LogP contribution is 1.80. The van der Waals surface area contributed by atoms with Gasteiger partial charge in [-0.05, 0) is 10.9 Å². The smallest absolute Gasteiger partial charge is 0.238 e. The Morgan fingerprint density at radius 2 is 1.31 bits per heavy atom. The SMILES string of the molecule is BC(=C)C(=O)NCNC(=O)C(B)=C. The maximum absolute atomic E-state index is 10.9. The zero-order valence-electron chi connectivity index (χ0n) is 7.94. The van der Waals surface area contributed by atoms with Gasteiger partial charge in [0.15, 0.2) is 0 Å². The predicted octanol–water partition coefficient (Wildman–Crippen LogP) is -2.53. The highest BCUT2D eigenvalue weighted by molar-refractivity contribution is 6.36. The van der Waals surface area contributed by atoms with Crippen molar-refractivity contribution in [3.05, 3.63) is 24.1 Å². The normalized spacial score (nSPS) is 8.62. The molecular formula is C7H12B2N2O2. The average molecular weight is 178 g/mol. The van der Waals surface area contributed by atoms with Crippen molar-refractivity contribution in [1.29, 1.82) is 0 Å². The summed E-state index contributed by atoms with van der Waals surface area (Å²) in [4.78, 5) is 21.8. The highest BCUT2D eigenvalue weighted by atomic mass is 16.2. The summed E-state index contributed by atoms with van der Waals surface area (Å²) in [5.41, 5.74) is 0.814. The van der Waals surface area contributed by atoms with Crippen molar-refractivity contribution in [3.63, 3.8) is 0 Å². The molecule has 0 radical (unpaired) electrons. The van der Waals surface area contributed by atoms with Gasteiger partial charge < -0.3 is 10.6 Å². The summed E-state index contributed by atoms with van der Waals surface area (Å²) in [6.45, 7) is 6.99. The van der Waals surface area contributed by atoms with Crippen LogP contribution in [0.15, 0.2) is 24.1 Å². The van der Waals surface area contributed by atoms with Crippen LogP contribution in [0.3, 0.4) is 0 Å². The van der Waals surface area contributed by atoms with Crippen molar-refractivity contribution in [2.75, 3.05) is 6.67 Å². The molecule has 0 aliphatic carbocycles. The first-order valence-electron chi connectivity index (χ1n) is 3.82. The van der Waals surface area contributed by atoms with Gasteiger partial charge in [-0.15, -0.1) is 13.2 Å². The molecule has 0 unspecified atom stereocenters. The third kappa shape index (κ3) is 4.90. The molecule has 0 fully saturated rings. The fraction of sp³-hybridized carbons (Fsp3) is 0.143. The molecule has 13 heavy (non-hydrogen) atoms. The van der Waals surface area contributed by atoms with E-state index in [9.17, 15) is 9.59 Å². The van der Waals surface area contributed by atoms with Gasteiger partial charge >= 0.3 is 0 Å². The summed E-state index contributed by atoms with van der Waals surface area (Å²) >= 11 is 0. The van der Waals surface area contributed by atoms with Crippen LogP contribution >= 0.6 is 0 Å². The molecule has 68 valence electrons. The minimum absolute atomic E-state index is 0.0946. The summed E-state index contributed by atoms with van der Waals surface area (Å²) in [6, 6.07) is 0. The molecule has 0 aromatic rings. The maximum atomic E-state index is 10.9. The van der Waals surface area contributed by atoms with Gasteiger partial charge in [-0.3, -0.25) is 9.59 Å². The topological polar surface area (TPSA) is 58.2 Å². The largest absolute Gasteiger partial charge is 0.336 e. The van der Waals surface area contributed by atoms with E-state index in [-0.39, 0.29) is 18.5 Å². The van der Waals surface area contributed by atoms with E-state index in [4.69, 9.17) is 0 Å². The van der Waals surface area contributed by atoms with Crippen LogP contribution in [0, 0.1) is 0 Å². The Kier molecular flexibility index (Phi) is 4.66. The second-order valence-corrected chi connectivity index (χ2v) is 2.75. The van der Waals surface area contributed by atoms with E-state index in [0.29, 0.717) is 10.9 Å². The van der Waals surface area contributed by atoms with E-state index < -0.39 is 0 Å². The molecule has 2 amide bonds. The van der Waals surface area contributed by atoms with Crippen LogP contribution in [-0.2, 0) is 9.59 Å². The minimum Gasteiger partial charge on any atom is -0.336 e. The second-order valence-electron chi connectivity index (χ2n) is 2.75. The summed E-state index contributed by atoms with van der Waals surface area (Å²) < 4.78 is 0. The molecular weight excluding hydrogens is 166 g/mol. The Hall–Kier alpha value is -1.45. The van der Waals surface area contributed by atoms with Gasteiger partial charge in [0, 0.05) is 0 Å². The average Bonchev–Trinajstić information content (AvgIpc) is 2.03. The van der Waals surface area contributed by atoms with Gasteiger partial charge in [-0.2, -0.15) is 0 Å². The minimum atomic E-state index is -0.276. The van der Waals surface area contributed by atoms with Crippen LogP contribution in [0.25, 0.3) is 0 Å². The summed E-state index contributed by atoms with van der Waals surface area (Å²) in [7, 11) is 3.19. The van der Waals surface area contributed by atoms with Crippen LogP contribution in [0.1, 0.15) is 0 Å². The summed E-state index contributed by atoms with van der Waals surface area (Å²) in [6.07, 6.45) is 0. The van der Waals surface area contributed by atoms with Gasteiger partial charge in [0.25, 0.3) is 0 Å². The molecule has 0 aliphatic rings. The number of rotatable bonds is 4. The quantitative estimate of drug-likeness (QED) is 0.283. The van der Waals surface area contributed by atoms with Crippen molar-refractivity contribution in [2.45, 2.75) is 0 Å². The first-order valence-corrected chi connectivity index (χ1v) is 3.82. The zero-order valence-corrected chi connectivity index (χ0v) is 7.94. The number of hydrogen-bond donors (Lipinski definition) is 2. The molecule has 0 bridgehead atoms. The Bertz CT molecular complexity index is 237. The number of carbonyl (C=O) groups is 2. The van der Waals surface area contributed by atoms with Crippen molar-refractivity contribution in [2.24, 2.45) is 0 Å². The van der Waals surface area contributed by atoms with Crippen LogP contribution in [-0.4, -0.2) is 34.2 Å². The molecule has 2 N–H and O–H groups in total. The monoisotopic (exact) mass is 178 g/mol. The summed E-state index contributed by atoms with van der Waals surface area (Å²) in [5, 5.41) is 4.91. The Balaban J connectivity index is 3.69. The number of amides is 2. The second kappa shape index (κ2) is 5.24. The van der Waals surface area contributed by atoms with Crippen LogP contribution < -0.4 is 10.6 Å². The molecule has 0 saturated carbocycles. The van der Waals surface area contributed by atoms with Gasteiger partial charge in [-0.1, -0.05) is 0 Å². The lowest BCUT2D eigenvalue weighted by molar-refractivity contribution is -0.118. The molecule has 0 heterocycles. The lowest BCUT2D eigenvalue weighted by Crippen LogP contribution is -2.38. The molecule has 4 nitrogen and oxygen atoms in total. The molecule has 0 aliphatic heterocycles. The number of carbonyl (C=O) groups excluding carboxylic acids is 2. The van der Waals surface area contributed by atoms with Crippen molar-refractivity contribution >= 4 is 27.5 Å². The standard InChI is InChI=1S/C7H12B2N2O2/c1-4(8)6(12)10-3-11-7(13)5(2)9/h1-3,8-9H2,(H,10,12)(H,11,13). The third-order valence-electron chi connectivity index (χ3n) is 1.27. The van der Waals surface area contributed by atoms with E-state index in [1.54, 1.807) is 15.7 Å². The summed E-state index contributed by atoms with van der Waals surface area (Å²) in [5.74, 6) is -0.552. The Morgan fingerprint density at radius 1 is 1.00 bits per heavy atom. The first-order chi connectivity index (χ1) is 5.95.